The van der Waals surface area contributed by atoms with Crippen LogP contribution < -0.4 is 0 Å². The van der Waals surface area contributed by atoms with Gasteiger partial charge < -0.3 is 5.11 Å². The van der Waals surface area contributed by atoms with Crippen molar-refractivity contribution < 1.29 is 18.3 Å². The van der Waals surface area contributed by atoms with E-state index in [1.54, 1.807) is 22.6 Å². The van der Waals surface area contributed by atoms with Crippen LogP contribution in [0.25, 0.3) is 0 Å². The molecule has 1 N–H and O–H groups in total. The second-order valence-corrected chi connectivity index (χ2v) is 3.70. The van der Waals surface area contributed by atoms with E-state index in [9.17, 15) is 13.2 Å². The Morgan fingerprint density at radius 2 is 1.92 bits per heavy atom. The van der Waals surface area contributed by atoms with Crippen LogP contribution in [0.5, 0.6) is 0 Å². The Balaban J connectivity index is 3.71. The average molecular weight is 294 g/mol. The van der Waals surface area contributed by atoms with Crippen molar-refractivity contribution in [3.63, 3.8) is 0 Å². The monoisotopic (exact) mass is 294 g/mol. The predicted octanol–water partition coefficient (Wildman–Crippen LogP) is 3.03. The zero-order valence-electron chi connectivity index (χ0n) is 6.36. The van der Waals surface area contributed by atoms with Gasteiger partial charge in [0.15, 0.2) is 0 Å². The van der Waals surface area contributed by atoms with Gasteiger partial charge in [-0.25, -0.2) is 0 Å². The molecule has 0 aromatic carbocycles. The number of aliphatic hydroxyl groups is 1. The lowest BCUT2D eigenvalue weighted by Crippen LogP contribution is -2.01. The summed E-state index contributed by atoms with van der Waals surface area (Å²) in [4.78, 5) is 0. The molecule has 0 aromatic heterocycles. The van der Waals surface area contributed by atoms with Crippen molar-refractivity contribution in [3.8, 4) is 0 Å². The predicted molar refractivity (Wildman–Crippen MR) is 49.1 cm³/mol. The minimum atomic E-state index is -4.21. The van der Waals surface area contributed by atoms with Crippen molar-refractivity contribution in [3.05, 3.63) is 9.66 Å². The molecular weight excluding hydrogens is 284 g/mol. The zero-order valence-corrected chi connectivity index (χ0v) is 8.52. The van der Waals surface area contributed by atoms with Crippen LogP contribution >= 0.6 is 22.6 Å². The van der Waals surface area contributed by atoms with Gasteiger partial charge in [0.2, 0.25) is 0 Å². The number of hydrogen-bond acceptors (Lipinski definition) is 1. The van der Waals surface area contributed by atoms with Gasteiger partial charge >= 0.3 is 6.18 Å². The summed E-state index contributed by atoms with van der Waals surface area (Å²) >= 11 is 1.67. The van der Waals surface area contributed by atoms with Gasteiger partial charge in [0, 0.05) is 12.7 Å². The molecule has 0 unspecified atom stereocenters. The smallest absolute Gasteiger partial charge is 0.396 e. The van der Waals surface area contributed by atoms with E-state index in [0.717, 1.165) is 0 Å². The van der Waals surface area contributed by atoms with Crippen LogP contribution in [0.15, 0.2) is 9.66 Å². The Hall–Kier alpha value is 0.220. The minimum absolute atomic E-state index is 0.0376. The van der Waals surface area contributed by atoms with Gasteiger partial charge in [-0.05, 0) is 45.4 Å². The van der Waals surface area contributed by atoms with E-state index in [0.29, 0.717) is 25.3 Å². The highest BCUT2D eigenvalue weighted by Crippen LogP contribution is 2.24. The number of hydrogen-bond donors (Lipinski definition) is 1. The van der Waals surface area contributed by atoms with Crippen molar-refractivity contribution in [1.82, 2.24) is 0 Å². The fraction of sp³-hybridized carbons (Fsp3) is 0.714. The number of aliphatic hydroxyl groups excluding tert-OH is 1. The third-order valence-electron chi connectivity index (χ3n) is 1.14. The second kappa shape index (κ2) is 5.80. The van der Waals surface area contributed by atoms with Gasteiger partial charge in [-0.1, -0.05) is 0 Å². The van der Waals surface area contributed by atoms with E-state index >= 15 is 0 Å². The number of rotatable bonds is 4. The van der Waals surface area contributed by atoms with E-state index in [-0.39, 0.29) is 10.2 Å². The van der Waals surface area contributed by atoms with E-state index < -0.39 is 6.18 Å². The van der Waals surface area contributed by atoms with Gasteiger partial charge in [-0.15, -0.1) is 0 Å². The second-order valence-electron chi connectivity index (χ2n) is 2.31. The van der Waals surface area contributed by atoms with Crippen molar-refractivity contribution in [2.45, 2.75) is 25.4 Å². The molecule has 0 aliphatic carbocycles. The lowest BCUT2D eigenvalue weighted by Gasteiger charge is -2.01. The molecule has 0 aromatic rings. The summed E-state index contributed by atoms with van der Waals surface area (Å²) in [6.07, 6.45) is -2.37. The van der Waals surface area contributed by atoms with E-state index in [2.05, 4.69) is 0 Å². The molecule has 0 amide bonds. The first-order valence-electron chi connectivity index (χ1n) is 3.50. The maximum Gasteiger partial charge on any atom is 0.410 e. The van der Waals surface area contributed by atoms with Crippen LogP contribution in [0.4, 0.5) is 13.2 Å². The summed E-state index contributed by atoms with van der Waals surface area (Å²) in [5, 5.41) is 8.37. The fourth-order valence-electron chi connectivity index (χ4n) is 0.655. The fourth-order valence-corrected chi connectivity index (χ4v) is 1.39. The average Bonchev–Trinajstić information content (AvgIpc) is 1.84. The van der Waals surface area contributed by atoms with Crippen LogP contribution in [-0.2, 0) is 0 Å². The number of alkyl halides is 3. The third kappa shape index (κ3) is 8.32. The molecule has 0 heterocycles. The quantitative estimate of drug-likeness (QED) is 0.624. The van der Waals surface area contributed by atoms with Gasteiger partial charge in [0.05, 0.1) is 0 Å². The Bertz CT molecular complexity index is 153. The first-order valence-corrected chi connectivity index (χ1v) is 4.58. The van der Waals surface area contributed by atoms with E-state index in [1.165, 1.54) is 0 Å². The Morgan fingerprint density at radius 1 is 1.33 bits per heavy atom. The molecule has 1 nitrogen and oxygen atoms in total. The molecule has 0 saturated heterocycles. The molecule has 72 valence electrons. The molecule has 0 radical (unpaired) electrons. The topological polar surface area (TPSA) is 20.2 Å². The normalized spacial score (nSPS) is 13.6. The molecule has 0 aliphatic heterocycles. The van der Waals surface area contributed by atoms with Gasteiger partial charge in [0.1, 0.15) is 0 Å². The lowest BCUT2D eigenvalue weighted by atomic mass is 10.2. The first-order chi connectivity index (χ1) is 5.45. The zero-order chi connectivity index (χ0) is 9.61. The highest BCUT2D eigenvalue weighted by molar-refractivity contribution is 14.1. The van der Waals surface area contributed by atoms with Crippen LogP contribution in [0.1, 0.15) is 19.3 Å². The Labute approximate surface area is 82.8 Å². The lowest BCUT2D eigenvalue weighted by molar-refractivity contribution is -0.0801. The van der Waals surface area contributed by atoms with Gasteiger partial charge in [-0.2, -0.15) is 13.2 Å². The molecule has 0 rings (SSSR count). The summed E-state index contributed by atoms with van der Waals surface area (Å²) in [5.41, 5.74) is 0. The maximum absolute atomic E-state index is 11.7. The number of halogens is 4. The Morgan fingerprint density at radius 3 is 2.33 bits per heavy atom. The summed E-state index contributed by atoms with van der Waals surface area (Å²) in [5.74, 6) is 0. The molecule has 0 aliphatic rings. The molecule has 0 bridgehead atoms. The molecular formula is C7H10F3IO. The molecule has 0 atom stereocenters. The van der Waals surface area contributed by atoms with E-state index in [4.69, 9.17) is 5.11 Å². The molecule has 5 heteroatoms. The summed E-state index contributed by atoms with van der Waals surface area (Å²) in [6.45, 7) is 0.0376. The number of allylic oxidation sites excluding steroid dienone is 2. The molecule has 0 spiro atoms. The summed E-state index contributed by atoms with van der Waals surface area (Å²) < 4.78 is 35.3. The van der Waals surface area contributed by atoms with Crippen molar-refractivity contribution in [2.24, 2.45) is 0 Å². The first kappa shape index (κ1) is 12.2. The number of unbranched alkanes of at least 4 members (excludes halogenated alkanes) is 1. The van der Waals surface area contributed by atoms with Crippen LogP contribution in [0, 0.1) is 0 Å². The third-order valence-corrected chi connectivity index (χ3v) is 1.99. The summed E-state index contributed by atoms with van der Waals surface area (Å²) in [7, 11) is 0. The molecule has 12 heavy (non-hydrogen) atoms. The molecule has 0 fully saturated rings. The maximum atomic E-state index is 11.7. The summed E-state index contributed by atoms with van der Waals surface area (Å²) in [6, 6.07) is 0. The minimum Gasteiger partial charge on any atom is -0.396 e. The highest BCUT2D eigenvalue weighted by Gasteiger charge is 2.23. The van der Waals surface area contributed by atoms with E-state index in [1.807, 2.05) is 0 Å². The highest BCUT2D eigenvalue weighted by atomic mass is 127. The van der Waals surface area contributed by atoms with Crippen LogP contribution in [-0.4, -0.2) is 17.9 Å². The largest absolute Gasteiger partial charge is 0.410 e. The van der Waals surface area contributed by atoms with Crippen LogP contribution in [0.2, 0.25) is 0 Å². The molecule has 0 saturated carbocycles. The SMILES string of the molecule is OCCCCC(I)=CC(F)(F)F. The Kier molecular flexibility index (Phi) is 5.90. The van der Waals surface area contributed by atoms with Crippen molar-refractivity contribution >= 4 is 22.6 Å². The van der Waals surface area contributed by atoms with Crippen LogP contribution in [0.3, 0.4) is 0 Å². The van der Waals surface area contributed by atoms with Crippen molar-refractivity contribution in [1.29, 1.82) is 0 Å². The van der Waals surface area contributed by atoms with Crippen molar-refractivity contribution in [2.75, 3.05) is 6.61 Å². The standard InChI is InChI=1S/C7H10F3IO/c8-7(9,10)5-6(11)3-1-2-4-12/h5,12H,1-4H2. The van der Waals surface area contributed by atoms with Gasteiger partial charge in [0.25, 0.3) is 0 Å². The van der Waals surface area contributed by atoms with Gasteiger partial charge in [-0.3, -0.25) is 0 Å².